The Balaban J connectivity index is 2.93. The van der Waals surface area contributed by atoms with Gasteiger partial charge in [-0.25, -0.2) is 0 Å². The summed E-state index contributed by atoms with van der Waals surface area (Å²) in [5.74, 6) is 0.533. The van der Waals surface area contributed by atoms with E-state index in [9.17, 15) is 4.79 Å². The van der Waals surface area contributed by atoms with Crippen molar-refractivity contribution in [1.29, 1.82) is 0 Å². The Kier molecular flexibility index (Phi) is 6.90. The van der Waals surface area contributed by atoms with Crippen molar-refractivity contribution < 1.29 is 4.79 Å². The van der Waals surface area contributed by atoms with Crippen LogP contribution in [0.25, 0.3) is 0 Å². The summed E-state index contributed by atoms with van der Waals surface area (Å²) < 4.78 is 0. The standard InChI is InChI=1S/C13H17Cl2NOS/c1-3-16(8-4-7-14)13(17)11-9-10(18-2)5-6-12(11)15/h5-6,9H,3-4,7-8H2,1-2H3. The number of halogens is 2. The van der Waals surface area contributed by atoms with Crippen molar-refractivity contribution in [2.24, 2.45) is 0 Å². The Morgan fingerprint density at radius 3 is 2.72 bits per heavy atom. The van der Waals surface area contributed by atoms with E-state index in [4.69, 9.17) is 23.2 Å². The number of hydrogen-bond acceptors (Lipinski definition) is 2. The van der Waals surface area contributed by atoms with Crippen LogP contribution in [0.5, 0.6) is 0 Å². The van der Waals surface area contributed by atoms with E-state index < -0.39 is 0 Å². The molecule has 0 N–H and O–H groups in total. The van der Waals surface area contributed by atoms with Crippen LogP contribution in [-0.2, 0) is 0 Å². The van der Waals surface area contributed by atoms with Crippen LogP contribution in [0.2, 0.25) is 5.02 Å². The van der Waals surface area contributed by atoms with Crippen LogP contribution in [-0.4, -0.2) is 36.0 Å². The van der Waals surface area contributed by atoms with Crippen molar-refractivity contribution in [3.63, 3.8) is 0 Å². The molecule has 0 aliphatic rings. The molecule has 0 aliphatic heterocycles. The van der Waals surface area contributed by atoms with Gasteiger partial charge < -0.3 is 4.90 Å². The second kappa shape index (κ2) is 7.93. The number of carbonyl (C=O) groups is 1. The summed E-state index contributed by atoms with van der Waals surface area (Å²) in [4.78, 5) is 15.2. The fourth-order valence-corrected chi connectivity index (χ4v) is 2.38. The van der Waals surface area contributed by atoms with Gasteiger partial charge in [0, 0.05) is 23.9 Å². The fourth-order valence-electron chi connectivity index (χ4n) is 1.62. The Bertz CT molecular complexity index is 412. The van der Waals surface area contributed by atoms with Crippen molar-refractivity contribution in [1.82, 2.24) is 4.90 Å². The van der Waals surface area contributed by atoms with E-state index in [1.807, 2.05) is 25.3 Å². The van der Waals surface area contributed by atoms with E-state index in [1.165, 1.54) is 0 Å². The van der Waals surface area contributed by atoms with Gasteiger partial charge in [0.15, 0.2) is 0 Å². The number of thioether (sulfide) groups is 1. The predicted molar refractivity (Wildman–Crippen MR) is 80.1 cm³/mol. The molecule has 0 aliphatic carbocycles. The van der Waals surface area contributed by atoms with Crippen LogP contribution in [0.4, 0.5) is 0 Å². The molecule has 0 aromatic heterocycles. The van der Waals surface area contributed by atoms with Gasteiger partial charge in [0.05, 0.1) is 10.6 Å². The van der Waals surface area contributed by atoms with Crippen LogP contribution in [0, 0.1) is 0 Å². The molecule has 0 spiro atoms. The smallest absolute Gasteiger partial charge is 0.255 e. The third-order valence-electron chi connectivity index (χ3n) is 2.63. The highest BCUT2D eigenvalue weighted by Gasteiger charge is 2.17. The molecule has 0 fully saturated rings. The van der Waals surface area contributed by atoms with E-state index in [-0.39, 0.29) is 5.91 Å². The summed E-state index contributed by atoms with van der Waals surface area (Å²) in [5, 5.41) is 0.502. The lowest BCUT2D eigenvalue weighted by Crippen LogP contribution is -2.32. The maximum Gasteiger partial charge on any atom is 0.255 e. The minimum Gasteiger partial charge on any atom is -0.339 e. The molecular formula is C13H17Cl2NOS. The summed E-state index contributed by atoms with van der Waals surface area (Å²) in [6, 6.07) is 5.54. The number of hydrogen-bond donors (Lipinski definition) is 0. The molecule has 0 unspecified atom stereocenters. The third kappa shape index (κ3) is 4.08. The fraction of sp³-hybridized carbons (Fsp3) is 0.462. The largest absolute Gasteiger partial charge is 0.339 e. The van der Waals surface area contributed by atoms with Crippen LogP contribution in [0.3, 0.4) is 0 Å². The Hall–Kier alpha value is -0.380. The number of carbonyl (C=O) groups excluding carboxylic acids is 1. The first kappa shape index (κ1) is 15.7. The van der Waals surface area contributed by atoms with Crippen molar-refractivity contribution in [2.45, 2.75) is 18.2 Å². The second-order valence-corrected chi connectivity index (χ2v) is 5.44. The van der Waals surface area contributed by atoms with Crippen LogP contribution in [0.1, 0.15) is 23.7 Å². The summed E-state index contributed by atoms with van der Waals surface area (Å²) in [6.07, 6.45) is 2.77. The summed E-state index contributed by atoms with van der Waals surface area (Å²) >= 11 is 13.4. The van der Waals surface area contributed by atoms with Crippen molar-refractivity contribution >= 4 is 40.9 Å². The first-order chi connectivity index (χ1) is 8.63. The highest BCUT2D eigenvalue weighted by molar-refractivity contribution is 7.98. The van der Waals surface area contributed by atoms with Crippen molar-refractivity contribution in [3.8, 4) is 0 Å². The number of amides is 1. The van der Waals surface area contributed by atoms with Gasteiger partial charge in [-0.05, 0) is 37.8 Å². The van der Waals surface area contributed by atoms with E-state index in [1.54, 1.807) is 22.7 Å². The van der Waals surface area contributed by atoms with E-state index in [0.717, 1.165) is 11.3 Å². The van der Waals surface area contributed by atoms with Gasteiger partial charge in [0.25, 0.3) is 5.91 Å². The molecule has 0 heterocycles. The van der Waals surface area contributed by atoms with Crippen LogP contribution < -0.4 is 0 Å². The molecule has 100 valence electrons. The lowest BCUT2D eigenvalue weighted by molar-refractivity contribution is 0.0765. The molecule has 0 bridgehead atoms. The third-order valence-corrected chi connectivity index (χ3v) is 3.96. The molecule has 0 radical (unpaired) electrons. The molecule has 1 rings (SSSR count). The highest BCUT2D eigenvalue weighted by Crippen LogP contribution is 2.24. The van der Waals surface area contributed by atoms with Crippen LogP contribution in [0.15, 0.2) is 23.1 Å². The maximum absolute atomic E-state index is 12.4. The van der Waals surface area contributed by atoms with E-state index in [2.05, 4.69) is 0 Å². The number of nitrogens with zero attached hydrogens (tertiary/aromatic N) is 1. The molecule has 0 saturated carbocycles. The highest BCUT2D eigenvalue weighted by atomic mass is 35.5. The molecular weight excluding hydrogens is 289 g/mol. The maximum atomic E-state index is 12.4. The zero-order chi connectivity index (χ0) is 13.5. The van der Waals surface area contributed by atoms with Gasteiger partial charge in [-0.2, -0.15) is 0 Å². The Morgan fingerprint density at radius 2 is 2.17 bits per heavy atom. The van der Waals surface area contributed by atoms with Gasteiger partial charge in [0.1, 0.15) is 0 Å². The lowest BCUT2D eigenvalue weighted by Gasteiger charge is -2.21. The monoisotopic (exact) mass is 305 g/mol. The van der Waals surface area contributed by atoms with Gasteiger partial charge >= 0.3 is 0 Å². The average molecular weight is 306 g/mol. The first-order valence-electron chi connectivity index (χ1n) is 5.82. The molecule has 1 aromatic rings. The Morgan fingerprint density at radius 1 is 1.44 bits per heavy atom. The lowest BCUT2D eigenvalue weighted by atomic mass is 10.2. The van der Waals surface area contributed by atoms with Crippen LogP contribution >= 0.6 is 35.0 Å². The molecule has 1 amide bonds. The van der Waals surface area contributed by atoms with Crippen molar-refractivity contribution in [3.05, 3.63) is 28.8 Å². The summed E-state index contributed by atoms with van der Waals surface area (Å²) in [7, 11) is 0. The minimum absolute atomic E-state index is 0.0245. The van der Waals surface area contributed by atoms with E-state index >= 15 is 0 Å². The minimum atomic E-state index is -0.0245. The van der Waals surface area contributed by atoms with E-state index in [0.29, 0.717) is 29.6 Å². The molecule has 0 atom stereocenters. The first-order valence-corrected chi connectivity index (χ1v) is 7.96. The van der Waals surface area contributed by atoms with Crippen molar-refractivity contribution in [2.75, 3.05) is 25.2 Å². The predicted octanol–water partition coefficient (Wildman–Crippen LogP) is 4.15. The average Bonchev–Trinajstić information content (AvgIpc) is 2.40. The molecule has 18 heavy (non-hydrogen) atoms. The van der Waals surface area contributed by atoms with Gasteiger partial charge in [-0.15, -0.1) is 23.4 Å². The topological polar surface area (TPSA) is 20.3 Å². The molecule has 1 aromatic carbocycles. The number of rotatable bonds is 6. The second-order valence-electron chi connectivity index (χ2n) is 3.77. The Labute approximate surface area is 123 Å². The zero-order valence-corrected chi connectivity index (χ0v) is 12.9. The normalized spacial score (nSPS) is 10.4. The number of alkyl halides is 1. The van der Waals surface area contributed by atoms with Gasteiger partial charge in [-0.3, -0.25) is 4.79 Å². The molecule has 0 saturated heterocycles. The quantitative estimate of drug-likeness (QED) is 0.581. The SMILES string of the molecule is CCN(CCCCl)C(=O)c1cc(SC)ccc1Cl. The summed E-state index contributed by atoms with van der Waals surface area (Å²) in [5.41, 5.74) is 0.569. The zero-order valence-electron chi connectivity index (χ0n) is 10.6. The molecule has 5 heteroatoms. The van der Waals surface area contributed by atoms with Gasteiger partial charge in [-0.1, -0.05) is 11.6 Å². The summed E-state index contributed by atoms with van der Waals surface area (Å²) in [6.45, 7) is 3.28. The number of benzene rings is 1. The molecule has 2 nitrogen and oxygen atoms in total. The van der Waals surface area contributed by atoms with Gasteiger partial charge in [0.2, 0.25) is 0 Å².